The molecule has 0 aliphatic rings. The molecule has 0 unspecified atom stereocenters. The van der Waals surface area contributed by atoms with Gasteiger partial charge in [-0.25, -0.2) is 4.98 Å². The van der Waals surface area contributed by atoms with E-state index in [0.29, 0.717) is 29.6 Å². The highest BCUT2D eigenvalue weighted by Gasteiger charge is 2.19. The molecule has 0 radical (unpaired) electrons. The number of hydrogen-bond acceptors (Lipinski definition) is 4. The molecule has 0 N–H and O–H groups in total. The van der Waals surface area contributed by atoms with Gasteiger partial charge in [0.1, 0.15) is 23.1 Å². The van der Waals surface area contributed by atoms with Crippen molar-refractivity contribution in [2.24, 2.45) is 0 Å². The van der Waals surface area contributed by atoms with Crippen LogP contribution in [-0.2, 0) is 6.61 Å². The van der Waals surface area contributed by atoms with Crippen molar-refractivity contribution >= 4 is 34.5 Å². The summed E-state index contributed by atoms with van der Waals surface area (Å²) < 4.78 is 5.68. The summed E-state index contributed by atoms with van der Waals surface area (Å²) in [6, 6.07) is 16.7. The highest BCUT2D eigenvalue weighted by Crippen LogP contribution is 2.20. The molecule has 0 spiro atoms. The molecule has 1 amide bonds. The molecule has 4 nitrogen and oxygen atoms in total. The topological polar surface area (TPSA) is 42.4 Å². The lowest BCUT2D eigenvalue weighted by atomic mass is 10.2. The first-order chi connectivity index (χ1) is 12.2. The fourth-order valence-electron chi connectivity index (χ4n) is 2.34. The van der Waals surface area contributed by atoms with E-state index >= 15 is 0 Å². The van der Waals surface area contributed by atoms with Crippen molar-refractivity contribution in [3.05, 3.63) is 75.7 Å². The zero-order valence-corrected chi connectivity index (χ0v) is 15.3. The van der Waals surface area contributed by atoms with Gasteiger partial charge in [0, 0.05) is 22.6 Å². The number of thiazole rings is 1. The lowest BCUT2D eigenvalue weighted by molar-refractivity contribution is 0.0984. The minimum absolute atomic E-state index is 0.109. The van der Waals surface area contributed by atoms with Crippen molar-refractivity contribution in [1.29, 1.82) is 0 Å². The first-order valence-electron chi connectivity index (χ1n) is 7.87. The van der Waals surface area contributed by atoms with E-state index in [1.807, 2.05) is 37.3 Å². The van der Waals surface area contributed by atoms with E-state index in [-0.39, 0.29) is 5.91 Å². The van der Waals surface area contributed by atoms with Crippen LogP contribution in [0.1, 0.15) is 22.4 Å². The first-order valence-corrected chi connectivity index (χ1v) is 9.13. The molecule has 0 bridgehead atoms. The third-order valence-electron chi connectivity index (χ3n) is 3.58. The van der Waals surface area contributed by atoms with E-state index in [4.69, 9.17) is 16.3 Å². The average Bonchev–Trinajstić information content (AvgIpc) is 3.12. The van der Waals surface area contributed by atoms with Crippen LogP contribution < -0.4 is 9.64 Å². The Bertz CT molecular complexity index is 834. The number of amides is 1. The Labute approximate surface area is 155 Å². The Balaban J connectivity index is 1.67. The number of aromatic nitrogens is 1. The van der Waals surface area contributed by atoms with E-state index in [1.165, 1.54) is 11.3 Å². The second-order valence-electron chi connectivity index (χ2n) is 5.25. The zero-order valence-electron chi connectivity index (χ0n) is 13.7. The van der Waals surface area contributed by atoms with Gasteiger partial charge in [-0.3, -0.25) is 4.79 Å². The van der Waals surface area contributed by atoms with E-state index in [1.54, 1.807) is 34.5 Å². The molecule has 6 heteroatoms. The standard InChI is InChI=1S/C19H17ClN2O2S/c1-2-22(15-6-4-3-5-7-15)19(23)17-13-25-18(21-17)12-24-16-10-8-14(20)9-11-16/h3-11,13H,2,12H2,1H3. The number of nitrogens with zero attached hydrogens (tertiary/aromatic N) is 2. The summed E-state index contributed by atoms with van der Waals surface area (Å²) in [5, 5.41) is 3.19. The Morgan fingerprint density at radius 2 is 1.88 bits per heavy atom. The number of carbonyl (C=O) groups is 1. The number of carbonyl (C=O) groups excluding carboxylic acids is 1. The van der Waals surface area contributed by atoms with E-state index in [0.717, 1.165) is 10.7 Å². The summed E-state index contributed by atoms with van der Waals surface area (Å²) in [4.78, 5) is 18.8. The van der Waals surface area contributed by atoms with E-state index < -0.39 is 0 Å². The Kier molecular flexibility index (Phi) is 5.68. The molecule has 0 saturated heterocycles. The van der Waals surface area contributed by atoms with Crippen LogP contribution in [0.15, 0.2) is 60.0 Å². The number of para-hydroxylation sites is 1. The number of ether oxygens (including phenoxy) is 1. The fraction of sp³-hybridized carbons (Fsp3) is 0.158. The van der Waals surface area contributed by atoms with Crippen molar-refractivity contribution in [1.82, 2.24) is 4.98 Å². The second kappa shape index (κ2) is 8.14. The van der Waals surface area contributed by atoms with Crippen molar-refractivity contribution in [2.75, 3.05) is 11.4 Å². The third-order valence-corrected chi connectivity index (χ3v) is 4.65. The minimum Gasteiger partial charge on any atom is -0.486 e. The van der Waals surface area contributed by atoms with Crippen molar-refractivity contribution in [2.45, 2.75) is 13.5 Å². The highest BCUT2D eigenvalue weighted by atomic mass is 35.5. The normalized spacial score (nSPS) is 10.5. The number of halogens is 1. The smallest absolute Gasteiger partial charge is 0.277 e. The SMILES string of the molecule is CCN(C(=O)c1csc(COc2ccc(Cl)cc2)n1)c1ccccc1. The van der Waals surface area contributed by atoms with Gasteiger partial charge in [-0.15, -0.1) is 11.3 Å². The monoisotopic (exact) mass is 372 g/mol. The molecule has 0 atom stereocenters. The Morgan fingerprint density at radius 3 is 2.56 bits per heavy atom. The summed E-state index contributed by atoms with van der Waals surface area (Å²) in [6.45, 7) is 2.84. The molecule has 0 fully saturated rings. The van der Waals surface area contributed by atoms with Gasteiger partial charge in [-0.1, -0.05) is 29.8 Å². The minimum atomic E-state index is -0.109. The van der Waals surface area contributed by atoms with Gasteiger partial charge in [0.2, 0.25) is 0 Å². The number of anilines is 1. The van der Waals surface area contributed by atoms with Gasteiger partial charge < -0.3 is 9.64 Å². The number of rotatable bonds is 6. The zero-order chi connectivity index (χ0) is 17.6. The summed E-state index contributed by atoms with van der Waals surface area (Å²) in [7, 11) is 0. The molecule has 0 aliphatic carbocycles. The van der Waals surface area contributed by atoms with Crippen LogP contribution in [0.4, 0.5) is 5.69 Å². The molecular formula is C19H17ClN2O2S. The van der Waals surface area contributed by atoms with Gasteiger partial charge in [0.15, 0.2) is 0 Å². The van der Waals surface area contributed by atoms with Crippen LogP contribution in [0.5, 0.6) is 5.75 Å². The van der Waals surface area contributed by atoms with E-state index in [9.17, 15) is 4.79 Å². The molecule has 25 heavy (non-hydrogen) atoms. The molecule has 0 aliphatic heterocycles. The number of hydrogen-bond donors (Lipinski definition) is 0. The lowest BCUT2D eigenvalue weighted by Crippen LogP contribution is -2.30. The third kappa shape index (κ3) is 4.38. The first kappa shape index (κ1) is 17.5. The number of benzene rings is 2. The van der Waals surface area contributed by atoms with Crippen molar-refractivity contribution in [3.8, 4) is 5.75 Å². The maximum Gasteiger partial charge on any atom is 0.277 e. The van der Waals surface area contributed by atoms with Crippen molar-refractivity contribution in [3.63, 3.8) is 0 Å². The van der Waals surface area contributed by atoms with Crippen LogP contribution in [0.2, 0.25) is 5.02 Å². The molecular weight excluding hydrogens is 356 g/mol. The Morgan fingerprint density at radius 1 is 1.16 bits per heavy atom. The lowest BCUT2D eigenvalue weighted by Gasteiger charge is -2.19. The summed E-state index contributed by atoms with van der Waals surface area (Å²) in [6.07, 6.45) is 0. The Hall–Kier alpha value is -2.37. The average molecular weight is 373 g/mol. The summed E-state index contributed by atoms with van der Waals surface area (Å²) in [5.74, 6) is 0.606. The molecule has 128 valence electrons. The molecule has 2 aromatic carbocycles. The molecule has 3 rings (SSSR count). The van der Waals surface area contributed by atoms with Crippen molar-refractivity contribution < 1.29 is 9.53 Å². The molecule has 0 saturated carbocycles. The van der Waals surface area contributed by atoms with Crippen LogP contribution in [0.3, 0.4) is 0 Å². The highest BCUT2D eigenvalue weighted by molar-refractivity contribution is 7.09. The van der Waals surface area contributed by atoms with Crippen LogP contribution >= 0.6 is 22.9 Å². The molecule has 1 aromatic heterocycles. The van der Waals surface area contributed by atoms with Gasteiger partial charge in [0.25, 0.3) is 5.91 Å². The predicted octanol–water partition coefficient (Wildman–Crippen LogP) is 5.04. The van der Waals surface area contributed by atoms with E-state index in [2.05, 4.69) is 4.98 Å². The fourth-order valence-corrected chi connectivity index (χ4v) is 3.15. The maximum atomic E-state index is 12.7. The van der Waals surface area contributed by atoms with Crippen LogP contribution in [0.25, 0.3) is 0 Å². The molecule has 3 aromatic rings. The van der Waals surface area contributed by atoms with Crippen LogP contribution in [-0.4, -0.2) is 17.4 Å². The summed E-state index contributed by atoms with van der Waals surface area (Å²) in [5.41, 5.74) is 1.30. The molecule has 1 heterocycles. The van der Waals surface area contributed by atoms with Gasteiger partial charge in [-0.2, -0.15) is 0 Å². The predicted molar refractivity (Wildman–Crippen MR) is 102 cm³/mol. The largest absolute Gasteiger partial charge is 0.486 e. The van der Waals surface area contributed by atoms with Gasteiger partial charge >= 0.3 is 0 Å². The quantitative estimate of drug-likeness (QED) is 0.608. The second-order valence-corrected chi connectivity index (χ2v) is 6.63. The van der Waals surface area contributed by atoms with Gasteiger partial charge in [0.05, 0.1) is 0 Å². The summed E-state index contributed by atoms with van der Waals surface area (Å²) >= 11 is 7.27. The van der Waals surface area contributed by atoms with Gasteiger partial charge in [-0.05, 0) is 43.3 Å². The maximum absolute atomic E-state index is 12.7. The van der Waals surface area contributed by atoms with Crippen LogP contribution in [0, 0.1) is 0 Å².